The van der Waals surface area contributed by atoms with Crippen LogP contribution in [0.3, 0.4) is 0 Å². The van der Waals surface area contributed by atoms with Gasteiger partial charge in [0.25, 0.3) is 0 Å². The fourth-order valence-corrected chi connectivity index (χ4v) is 3.05. The minimum atomic E-state index is 0.0246. The van der Waals surface area contributed by atoms with Crippen LogP contribution in [0.1, 0.15) is 6.92 Å². The Morgan fingerprint density at radius 2 is 2.27 bits per heavy atom. The lowest BCUT2D eigenvalue weighted by molar-refractivity contribution is -0.107. The van der Waals surface area contributed by atoms with Gasteiger partial charge in [0.15, 0.2) is 4.34 Å². The van der Waals surface area contributed by atoms with Crippen molar-refractivity contribution in [2.75, 3.05) is 0 Å². The number of benzene rings is 1. The van der Waals surface area contributed by atoms with Gasteiger partial charge in [0.2, 0.25) is 5.12 Å². The largest absolute Gasteiger partial charge is 0.282 e. The zero-order valence-electron chi connectivity index (χ0n) is 8.14. The minimum Gasteiger partial charge on any atom is -0.282 e. The smallest absolute Gasteiger partial charge is 0.218 e. The van der Waals surface area contributed by atoms with Crippen LogP contribution in [-0.2, 0) is 4.79 Å². The second kappa shape index (κ2) is 4.59. The van der Waals surface area contributed by atoms with Gasteiger partial charge >= 0.3 is 0 Å². The van der Waals surface area contributed by atoms with E-state index in [1.807, 2.05) is 31.2 Å². The van der Waals surface area contributed by atoms with E-state index in [0.29, 0.717) is 0 Å². The first-order chi connectivity index (χ1) is 7.29. The molecule has 1 aromatic carbocycles. The van der Waals surface area contributed by atoms with E-state index in [0.717, 1.165) is 14.6 Å². The fourth-order valence-electron chi connectivity index (χ4n) is 1.15. The zero-order valence-corrected chi connectivity index (χ0v) is 9.77. The van der Waals surface area contributed by atoms with Crippen LogP contribution in [-0.4, -0.2) is 10.1 Å². The van der Waals surface area contributed by atoms with E-state index in [-0.39, 0.29) is 5.12 Å². The van der Waals surface area contributed by atoms with Gasteiger partial charge in [-0.1, -0.05) is 18.2 Å². The predicted molar refractivity (Wildman–Crippen MR) is 65.3 cm³/mol. The number of fused-ring (bicyclic) bond motifs is 1. The van der Waals surface area contributed by atoms with Crippen molar-refractivity contribution < 1.29 is 4.79 Å². The van der Waals surface area contributed by atoms with Gasteiger partial charge in [-0.3, -0.25) is 4.79 Å². The summed E-state index contributed by atoms with van der Waals surface area (Å²) in [5.41, 5.74) is 0.957. The minimum absolute atomic E-state index is 0.0246. The van der Waals surface area contributed by atoms with Crippen molar-refractivity contribution in [1.29, 1.82) is 0 Å². The van der Waals surface area contributed by atoms with Gasteiger partial charge in [0.05, 0.1) is 10.2 Å². The number of aromatic nitrogens is 1. The Balaban J connectivity index is 2.26. The number of nitrogens with zero attached hydrogens (tertiary/aromatic N) is 1. The Bertz CT molecular complexity index is 483. The number of allylic oxidation sites excluding steroid dienone is 1. The van der Waals surface area contributed by atoms with E-state index >= 15 is 0 Å². The third-order valence-electron chi connectivity index (χ3n) is 1.76. The Hall–Kier alpha value is -1.13. The molecule has 1 aromatic heterocycles. The van der Waals surface area contributed by atoms with Crippen LogP contribution < -0.4 is 0 Å². The Morgan fingerprint density at radius 3 is 3.00 bits per heavy atom. The van der Waals surface area contributed by atoms with E-state index < -0.39 is 0 Å². The normalized spacial score (nSPS) is 11.3. The molecular weight excluding hydrogens is 226 g/mol. The van der Waals surface area contributed by atoms with Crippen LogP contribution in [0.5, 0.6) is 0 Å². The van der Waals surface area contributed by atoms with Crippen molar-refractivity contribution >= 4 is 38.4 Å². The Morgan fingerprint density at radius 1 is 1.47 bits per heavy atom. The highest BCUT2D eigenvalue weighted by Crippen LogP contribution is 2.29. The van der Waals surface area contributed by atoms with Gasteiger partial charge in [-0.25, -0.2) is 4.98 Å². The van der Waals surface area contributed by atoms with Crippen molar-refractivity contribution in [1.82, 2.24) is 4.98 Å². The molecule has 1 heterocycles. The highest BCUT2D eigenvalue weighted by molar-refractivity contribution is 8.15. The predicted octanol–water partition coefficient (Wildman–Crippen LogP) is 3.49. The summed E-state index contributed by atoms with van der Waals surface area (Å²) in [5.74, 6) is 0. The molecule has 0 saturated carbocycles. The highest BCUT2D eigenvalue weighted by atomic mass is 32.2. The molecule has 0 fully saturated rings. The summed E-state index contributed by atoms with van der Waals surface area (Å²) in [6.07, 6.45) is 3.29. The quantitative estimate of drug-likeness (QED) is 0.589. The zero-order chi connectivity index (χ0) is 10.7. The second-order valence-electron chi connectivity index (χ2n) is 2.87. The highest BCUT2D eigenvalue weighted by Gasteiger charge is 2.06. The summed E-state index contributed by atoms with van der Waals surface area (Å²) >= 11 is 2.72. The lowest BCUT2D eigenvalue weighted by Gasteiger charge is -1.87. The topological polar surface area (TPSA) is 30.0 Å². The van der Waals surface area contributed by atoms with Gasteiger partial charge in [0, 0.05) is 0 Å². The molecule has 0 amide bonds. The maximum Gasteiger partial charge on any atom is 0.218 e. The van der Waals surface area contributed by atoms with Gasteiger partial charge in [-0.2, -0.15) is 0 Å². The number of carbonyl (C=O) groups is 1. The molecule has 2 nitrogen and oxygen atoms in total. The van der Waals surface area contributed by atoms with Crippen molar-refractivity contribution in [2.24, 2.45) is 0 Å². The Kier molecular flexibility index (Phi) is 3.18. The maximum absolute atomic E-state index is 11.3. The Labute approximate surface area is 96.0 Å². The number of rotatable bonds is 2. The third kappa shape index (κ3) is 2.46. The molecule has 2 rings (SSSR count). The van der Waals surface area contributed by atoms with E-state index in [4.69, 9.17) is 0 Å². The first-order valence-electron chi connectivity index (χ1n) is 4.49. The molecule has 0 spiro atoms. The number of para-hydroxylation sites is 1. The average molecular weight is 235 g/mol. The van der Waals surface area contributed by atoms with Gasteiger partial charge < -0.3 is 0 Å². The van der Waals surface area contributed by atoms with Crippen molar-refractivity contribution in [3.8, 4) is 0 Å². The van der Waals surface area contributed by atoms with Gasteiger partial charge in [0.1, 0.15) is 0 Å². The summed E-state index contributed by atoms with van der Waals surface area (Å²) in [5, 5.41) is 0.0246. The number of hydrogen-bond donors (Lipinski definition) is 0. The fraction of sp³-hybridized carbons (Fsp3) is 0.0909. The number of thioether (sulfide) groups is 1. The molecule has 15 heavy (non-hydrogen) atoms. The van der Waals surface area contributed by atoms with Crippen molar-refractivity contribution in [2.45, 2.75) is 11.3 Å². The van der Waals surface area contributed by atoms with Crippen LogP contribution >= 0.6 is 23.1 Å². The molecule has 0 saturated heterocycles. The van der Waals surface area contributed by atoms with Crippen LogP contribution in [0.25, 0.3) is 10.2 Å². The molecule has 0 atom stereocenters. The van der Waals surface area contributed by atoms with Gasteiger partial charge in [-0.15, -0.1) is 11.3 Å². The molecule has 0 radical (unpaired) electrons. The van der Waals surface area contributed by atoms with E-state index in [1.165, 1.54) is 11.8 Å². The summed E-state index contributed by atoms with van der Waals surface area (Å²) in [6, 6.07) is 7.89. The summed E-state index contributed by atoms with van der Waals surface area (Å²) < 4.78 is 1.92. The number of hydrogen-bond acceptors (Lipinski definition) is 4. The van der Waals surface area contributed by atoms with Crippen molar-refractivity contribution in [3.63, 3.8) is 0 Å². The van der Waals surface area contributed by atoms with Crippen molar-refractivity contribution in [3.05, 3.63) is 36.4 Å². The summed E-state index contributed by atoms with van der Waals surface area (Å²) in [4.78, 5) is 15.7. The number of thiazole rings is 1. The molecular formula is C11H9NOS2. The summed E-state index contributed by atoms with van der Waals surface area (Å²) in [7, 11) is 0. The van der Waals surface area contributed by atoms with Crippen LogP contribution in [0.15, 0.2) is 40.8 Å². The molecule has 0 unspecified atom stereocenters. The molecule has 0 bridgehead atoms. The average Bonchev–Trinajstić information content (AvgIpc) is 2.59. The first-order valence-corrected chi connectivity index (χ1v) is 6.13. The van der Waals surface area contributed by atoms with Crippen LogP contribution in [0.2, 0.25) is 0 Å². The SMILES string of the molecule is CC=CC(=O)Sc1nc2ccccc2s1. The van der Waals surface area contributed by atoms with E-state index in [9.17, 15) is 4.79 Å². The molecule has 0 aliphatic heterocycles. The second-order valence-corrected chi connectivity index (χ2v) is 5.15. The lowest BCUT2D eigenvalue weighted by atomic mass is 10.3. The van der Waals surface area contributed by atoms with Crippen LogP contribution in [0.4, 0.5) is 0 Å². The molecule has 0 N–H and O–H groups in total. The summed E-state index contributed by atoms with van der Waals surface area (Å²) in [6.45, 7) is 1.83. The lowest BCUT2D eigenvalue weighted by Crippen LogP contribution is -1.82. The monoisotopic (exact) mass is 235 g/mol. The maximum atomic E-state index is 11.3. The molecule has 0 aliphatic rings. The number of carbonyl (C=O) groups excluding carboxylic acids is 1. The molecule has 76 valence electrons. The van der Waals surface area contributed by atoms with E-state index in [1.54, 1.807) is 23.5 Å². The standard InChI is InChI=1S/C11H9NOS2/c1-2-5-10(13)15-11-12-8-6-3-4-7-9(8)14-11/h2-7H,1H3. The molecule has 4 heteroatoms. The van der Waals surface area contributed by atoms with Gasteiger partial charge in [-0.05, 0) is 36.9 Å². The molecule has 0 aliphatic carbocycles. The first kappa shape index (κ1) is 10.4. The third-order valence-corrected chi connectivity index (χ3v) is 3.70. The van der Waals surface area contributed by atoms with Crippen LogP contribution in [0, 0.1) is 0 Å². The molecule has 2 aromatic rings. The van der Waals surface area contributed by atoms with E-state index in [2.05, 4.69) is 4.98 Å².